The molecule has 0 aliphatic carbocycles. The van der Waals surface area contributed by atoms with Gasteiger partial charge in [0.05, 0.1) is 22.9 Å². The number of β-lactam (4-membered cyclic amide) rings is 1. The molecule has 1 saturated heterocycles. The first-order valence-corrected chi connectivity index (χ1v) is 11.8. The highest BCUT2D eigenvalue weighted by Gasteiger charge is 2.60. The van der Waals surface area contributed by atoms with Crippen LogP contribution in [0.1, 0.15) is 53.5 Å². The van der Waals surface area contributed by atoms with Crippen LogP contribution in [0.2, 0.25) is 0 Å². The first-order chi connectivity index (χ1) is 16.5. The van der Waals surface area contributed by atoms with Crippen LogP contribution in [0.3, 0.4) is 0 Å². The maximum Gasteiger partial charge on any atom is 0.519 e. The number of esters is 1. The van der Waals surface area contributed by atoms with E-state index in [2.05, 4.69) is 4.98 Å². The summed E-state index contributed by atoms with van der Waals surface area (Å²) >= 11 is 1.30. The minimum Gasteiger partial charge on any atom is -0.453 e. The number of amides is 1. The van der Waals surface area contributed by atoms with E-state index in [1.807, 2.05) is 6.92 Å². The minimum atomic E-state index is -0.902. The number of aliphatic hydroxyl groups excluding tert-OH is 1. The molecule has 2 aliphatic heterocycles. The van der Waals surface area contributed by atoms with Crippen LogP contribution in [0.4, 0.5) is 0 Å². The Balaban J connectivity index is 1.59. The van der Waals surface area contributed by atoms with Crippen molar-refractivity contribution in [3.63, 3.8) is 0 Å². The van der Waals surface area contributed by atoms with E-state index in [9.17, 15) is 24.3 Å². The Bertz CT molecular complexity index is 1490. The quantitative estimate of drug-likeness (QED) is 0.305. The number of aryl methyl sites for hydroxylation is 2. The lowest BCUT2D eigenvalue weighted by molar-refractivity contribution is -0.164. The van der Waals surface area contributed by atoms with Crippen molar-refractivity contribution in [2.45, 2.75) is 53.4 Å². The number of ketones is 1. The number of aromatic nitrogens is 2. The van der Waals surface area contributed by atoms with Gasteiger partial charge in [0, 0.05) is 24.6 Å². The average molecular weight is 502 g/mol. The number of hydrogen-bond acceptors (Lipinski definition) is 10. The number of ether oxygens (including phenoxy) is 1. The Labute approximate surface area is 202 Å². The molecule has 0 radical (unpaired) electrons. The molecule has 3 aromatic rings. The number of thiazole rings is 1. The average Bonchev–Trinajstić information content (AvgIpc) is 3.47. The lowest BCUT2D eigenvalue weighted by Gasteiger charge is -2.46. The minimum absolute atomic E-state index is 0.0723. The van der Waals surface area contributed by atoms with Crippen LogP contribution in [-0.4, -0.2) is 49.2 Å². The number of Topliss-reactive ketones (excluding diaryl/α,β-unsaturated/α-hetero) is 1. The predicted octanol–water partition coefficient (Wildman–Crippen LogP) is 2.07. The molecule has 0 bridgehead atoms. The summed E-state index contributed by atoms with van der Waals surface area (Å²) in [5.74, 6) is -2.27. The summed E-state index contributed by atoms with van der Waals surface area (Å²) in [6, 6.07) is -0.415. The monoisotopic (exact) mass is 501 g/mol. The third kappa shape index (κ3) is 3.39. The second kappa shape index (κ2) is 8.02. The number of fused-ring (bicyclic) bond motifs is 2. The molecule has 0 aromatic carbocycles. The molecule has 12 heteroatoms. The number of rotatable bonds is 6. The molecule has 0 spiro atoms. The summed E-state index contributed by atoms with van der Waals surface area (Å²) in [5, 5.41) is 10.2. The fraction of sp³-hybridized carbons (Fsp3) is 0.435. The van der Waals surface area contributed by atoms with E-state index in [0.717, 1.165) is 0 Å². The van der Waals surface area contributed by atoms with Crippen molar-refractivity contribution < 1.29 is 33.1 Å². The lowest BCUT2D eigenvalue weighted by atomic mass is 9.77. The maximum absolute atomic E-state index is 13.3. The summed E-state index contributed by atoms with van der Waals surface area (Å²) in [5.41, 5.74) is 0.998. The van der Waals surface area contributed by atoms with Crippen LogP contribution in [0.25, 0.3) is 10.4 Å². The molecule has 4 atom stereocenters. The number of carbonyl (C=O) groups excluding carboxylic acids is 3. The fourth-order valence-corrected chi connectivity index (χ4v) is 6.29. The van der Waals surface area contributed by atoms with Crippen LogP contribution < -0.4 is 5.82 Å². The molecular formula is C23H23N3O8S. The van der Waals surface area contributed by atoms with Crippen molar-refractivity contribution >= 4 is 39.4 Å². The third-order valence-electron chi connectivity index (χ3n) is 6.63. The smallest absolute Gasteiger partial charge is 0.453 e. The molecule has 1 amide bonds. The molecule has 0 saturated carbocycles. The Morgan fingerprint density at radius 2 is 2.00 bits per heavy atom. The maximum atomic E-state index is 13.3. The molecule has 0 unspecified atom stereocenters. The van der Waals surface area contributed by atoms with Gasteiger partial charge in [0.15, 0.2) is 23.9 Å². The Morgan fingerprint density at radius 1 is 1.29 bits per heavy atom. The summed E-state index contributed by atoms with van der Waals surface area (Å²) in [6.45, 7) is 7.82. The van der Waals surface area contributed by atoms with Gasteiger partial charge in [0.25, 0.3) is 0 Å². The second-order valence-corrected chi connectivity index (χ2v) is 9.89. The molecule has 3 aromatic heterocycles. The number of aliphatic hydroxyl groups is 1. The highest BCUT2D eigenvalue weighted by atomic mass is 32.1. The first kappa shape index (κ1) is 23.2. The lowest BCUT2D eigenvalue weighted by Crippen LogP contribution is -2.63. The molecule has 5 rings (SSSR count). The SMILES string of the molecule is CC(=O)c1nc(C)n2cc(C3=C(C(=O)OCc4oc(=O)oc4C)N4C(=O)[C@H]([C@@H](C)O)[C@H]4[C@H]3C)sc12. The molecule has 5 heterocycles. The van der Waals surface area contributed by atoms with Crippen LogP contribution in [0.15, 0.2) is 25.5 Å². The van der Waals surface area contributed by atoms with Gasteiger partial charge in [-0.15, -0.1) is 11.3 Å². The van der Waals surface area contributed by atoms with Crippen molar-refractivity contribution in [1.82, 2.24) is 14.3 Å². The molecule has 11 nitrogen and oxygen atoms in total. The van der Waals surface area contributed by atoms with Crippen molar-refractivity contribution in [2.75, 3.05) is 0 Å². The Hall–Kier alpha value is -3.51. The molecule has 184 valence electrons. The van der Waals surface area contributed by atoms with Gasteiger partial charge < -0.3 is 23.6 Å². The van der Waals surface area contributed by atoms with Gasteiger partial charge in [-0.2, -0.15) is 0 Å². The summed E-state index contributed by atoms with van der Waals surface area (Å²) in [6.07, 6.45) is 0.904. The van der Waals surface area contributed by atoms with Crippen molar-refractivity contribution in [1.29, 1.82) is 0 Å². The van der Waals surface area contributed by atoms with Crippen LogP contribution in [0.5, 0.6) is 0 Å². The number of imidazole rings is 1. The van der Waals surface area contributed by atoms with Crippen LogP contribution in [-0.2, 0) is 20.9 Å². The highest BCUT2D eigenvalue weighted by molar-refractivity contribution is 7.18. The Morgan fingerprint density at radius 3 is 2.60 bits per heavy atom. The molecule has 35 heavy (non-hydrogen) atoms. The van der Waals surface area contributed by atoms with E-state index in [-0.39, 0.29) is 41.4 Å². The van der Waals surface area contributed by atoms with Gasteiger partial charge in [-0.1, -0.05) is 6.92 Å². The first-order valence-electron chi connectivity index (χ1n) is 11.0. The highest BCUT2D eigenvalue weighted by Crippen LogP contribution is 2.52. The van der Waals surface area contributed by atoms with E-state index >= 15 is 0 Å². The zero-order valence-corrected chi connectivity index (χ0v) is 20.5. The van der Waals surface area contributed by atoms with Gasteiger partial charge in [-0.3, -0.25) is 14.0 Å². The standard InChI is InChI=1S/C23H23N3O8S/c1-8-15(14-6-25-12(5)24-17(10(3)28)21(25)35-14)19(26-18(8)16(9(2)27)20(26)29)22(30)32-7-13-11(4)33-23(31)34-13/h6,8-9,16,18,27H,7H2,1-5H3/t8-,9+,16+,18+/m0/s1. The molecule has 1 N–H and O–H groups in total. The predicted molar refractivity (Wildman–Crippen MR) is 121 cm³/mol. The number of hydrogen-bond donors (Lipinski definition) is 1. The Kier molecular flexibility index (Phi) is 5.33. The topological polar surface area (TPSA) is 145 Å². The van der Waals surface area contributed by atoms with Crippen LogP contribution >= 0.6 is 11.3 Å². The van der Waals surface area contributed by atoms with E-state index in [1.165, 1.54) is 30.1 Å². The van der Waals surface area contributed by atoms with Crippen molar-refractivity contribution in [3.05, 3.63) is 50.4 Å². The number of carbonyl (C=O) groups is 3. The number of nitrogens with zero attached hydrogens (tertiary/aromatic N) is 3. The van der Waals surface area contributed by atoms with Crippen molar-refractivity contribution in [3.8, 4) is 0 Å². The van der Waals surface area contributed by atoms with Gasteiger partial charge in [0.2, 0.25) is 5.91 Å². The largest absolute Gasteiger partial charge is 0.519 e. The fourth-order valence-electron chi connectivity index (χ4n) is 4.96. The van der Waals surface area contributed by atoms with E-state index in [0.29, 0.717) is 26.8 Å². The zero-order chi connectivity index (χ0) is 25.3. The van der Waals surface area contributed by atoms with Gasteiger partial charge in [-0.05, 0) is 20.8 Å². The van der Waals surface area contributed by atoms with E-state index < -0.39 is 29.9 Å². The molecule has 2 aliphatic rings. The molecule has 1 fully saturated rings. The normalized spacial score (nSPS) is 22.5. The molecular weight excluding hydrogens is 478 g/mol. The summed E-state index contributed by atoms with van der Waals surface area (Å²) in [7, 11) is 0. The van der Waals surface area contributed by atoms with Gasteiger partial charge >= 0.3 is 11.8 Å². The summed E-state index contributed by atoms with van der Waals surface area (Å²) < 4.78 is 16.9. The van der Waals surface area contributed by atoms with E-state index in [4.69, 9.17) is 13.6 Å². The summed E-state index contributed by atoms with van der Waals surface area (Å²) in [4.78, 5) is 56.7. The van der Waals surface area contributed by atoms with Crippen molar-refractivity contribution in [2.24, 2.45) is 11.8 Å². The third-order valence-corrected chi connectivity index (χ3v) is 7.76. The van der Waals surface area contributed by atoms with E-state index in [1.54, 1.807) is 24.4 Å². The van der Waals surface area contributed by atoms with Crippen LogP contribution in [0, 0.1) is 25.7 Å². The zero-order valence-electron chi connectivity index (χ0n) is 19.6. The second-order valence-electron chi connectivity index (χ2n) is 8.86. The van der Waals surface area contributed by atoms with Gasteiger partial charge in [-0.25, -0.2) is 14.6 Å². The van der Waals surface area contributed by atoms with Gasteiger partial charge in [0.1, 0.15) is 22.0 Å².